The van der Waals surface area contributed by atoms with Gasteiger partial charge >= 0.3 is 5.97 Å². The number of ether oxygens (including phenoxy) is 1. The van der Waals surface area contributed by atoms with E-state index in [1.54, 1.807) is 7.11 Å². The zero-order valence-corrected chi connectivity index (χ0v) is 14.7. The molecular formula is C20H22N2O4. The number of rotatable bonds is 6. The van der Waals surface area contributed by atoms with Crippen molar-refractivity contribution < 1.29 is 19.4 Å². The van der Waals surface area contributed by atoms with E-state index in [2.05, 4.69) is 16.4 Å². The molecule has 1 heterocycles. The van der Waals surface area contributed by atoms with Crippen molar-refractivity contribution in [2.45, 2.75) is 31.1 Å². The number of aromatic nitrogens is 1. The second-order valence-electron chi connectivity index (χ2n) is 6.64. The van der Waals surface area contributed by atoms with Crippen LogP contribution in [0, 0.1) is 0 Å². The van der Waals surface area contributed by atoms with Gasteiger partial charge in [0.25, 0.3) is 5.91 Å². The number of nitrogens with zero attached hydrogens (tertiary/aromatic N) is 1. The van der Waals surface area contributed by atoms with E-state index in [-0.39, 0.29) is 17.0 Å². The normalized spacial score (nSPS) is 15.4. The minimum Gasteiger partial charge on any atom is -0.497 e. The SMILES string of the molecule is COc1cccc(C2(CNC(=O)c3ccnc(C(=O)O)c3)CCCC2)c1. The van der Waals surface area contributed by atoms with Crippen LogP contribution in [0.15, 0.2) is 42.6 Å². The van der Waals surface area contributed by atoms with Gasteiger partial charge in [-0.1, -0.05) is 25.0 Å². The van der Waals surface area contributed by atoms with E-state index in [0.29, 0.717) is 12.1 Å². The van der Waals surface area contributed by atoms with E-state index >= 15 is 0 Å². The summed E-state index contributed by atoms with van der Waals surface area (Å²) in [6.45, 7) is 0.504. The first kappa shape index (κ1) is 17.9. The first-order chi connectivity index (χ1) is 12.5. The second-order valence-corrected chi connectivity index (χ2v) is 6.64. The molecule has 1 aromatic carbocycles. The van der Waals surface area contributed by atoms with Crippen LogP contribution >= 0.6 is 0 Å². The summed E-state index contributed by atoms with van der Waals surface area (Å²) in [5.74, 6) is -0.632. The number of carboxylic acids is 1. The van der Waals surface area contributed by atoms with E-state index in [4.69, 9.17) is 9.84 Å². The summed E-state index contributed by atoms with van der Waals surface area (Å²) in [6, 6.07) is 10.8. The Labute approximate surface area is 152 Å². The summed E-state index contributed by atoms with van der Waals surface area (Å²) in [7, 11) is 1.64. The minimum atomic E-state index is -1.15. The number of nitrogens with one attached hydrogen (secondary N) is 1. The van der Waals surface area contributed by atoms with Crippen molar-refractivity contribution in [3.63, 3.8) is 0 Å². The number of benzene rings is 1. The van der Waals surface area contributed by atoms with Gasteiger partial charge in [0.15, 0.2) is 0 Å². The lowest BCUT2D eigenvalue weighted by Gasteiger charge is -2.30. The molecule has 1 saturated carbocycles. The highest BCUT2D eigenvalue weighted by molar-refractivity contribution is 5.96. The van der Waals surface area contributed by atoms with Crippen LogP contribution in [0.25, 0.3) is 0 Å². The maximum atomic E-state index is 12.5. The highest BCUT2D eigenvalue weighted by atomic mass is 16.5. The zero-order valence-electron chi connectivity index (χ0n) is 14.7. The summed E-state index contributed by atoms with van der Waals surface area (Å²) in [5, 5.41) is 12.0. The molecule has 0 atom stereocenters. The Morgan fingerprint density at radius 3 is 2.69 bits per heavy atom. The van der Waals surface area contributed by atoms with Crippen LogP contribution in [0.5, 0.6) is 5.75 Å². The molecule has 1 fully saturated rings. The highest BCUT2D eigenvalue weighted by Crippen LogP contribution is 2.41. The van der Waals surface area contributed by atoms with Gasteiger partial charge in [0, 0.05) is 23.7 Å². The van der Waals surface area contributed by atoms with Gasteiger partial charge in [0.05, 0.1) is 7.11 Å². The molecule has 1 aliphatic carbocycles. The van der Waals surface area contributed by atoms with Gasteiger partial charge in [-0.3, -0.25) is 4.79 Å². The Kier molecular flexibility index (Phi) is 5.21. The standard InChI is InChI=1S/C20H22N2O4/c1-26-16-6-4-5-15(12-16)20(8-2-3-9-20)13-22-18(23)14-7-10-21-17(11-14)19(24)25/h4-7,10-12H,2-3,8-9,13H2,1H3,(H,22,23)(H,24,25). The van der Waals surface area contributed by atoms with E-state index in [9.17, 15) is 9.59 Å². The molecule has 26 heavy (non-hydrogen) atoms. The average Bonchev–Trinajstić information content (AvgIpc) is 3.16. The third-order valence-corrected chi connectivity index (χ3v) is 5.07. The monoisotopic (exact) mass is 354 g/mol. The maximum Gasteiger partial charge on any atom is 0.354 e. The topological polar surface area (TPSA) is 88.5 Å². The zero-order chi connectivity index (χ0) is 18.6. The molecule has 0 radical (unpaired) electrons. The maximum absolute atomic E-state index is 12.5. The van der Waals surface area contributed by atoms with E-state index in [1.165, 1.54) is 18.3 Å². The van der Waals surface area contributed by atoms with E-state index < -0.39 is 5.97 Å². The van der Waals surface area contributed by atoms with E-state index in [0.717, 1.165) is 37.0 Å². The lowest BCUT2D eigenvalue weighted by Crippen LogP contribution is -2.39. The summed E-state index contributed by atoms with van der Waals surface area (Å²) >= 11 is 0. The quantitative estimate of drug-likeness (QED) is 0.832. The Hall–Kier alpha value is -2.89. The molecule has 2 N–H and O–H groups in total. The first-order valence-electron chi connectivity index (χ1n) is 8.66. The average molecular weight is 354 g/mol. The van der Waals surface area contributed by atoms with Crippen LogP contribution in [0.2, 0.25) is 0 Å². The van der Waals surface area contributed by atoms with Crippen molar-refractivity contribution in [3.8, 4) is 5.75 Å². The molecule has 1 amide bonds. The molecule has 6 nitrogen and oxygen atoms in total. The van der Waals surface area contributed by atoms with Crippen LogP contribution in [0.3, 0.4) is 0 Å². The molecule has 136 valence electrons. The van der Waals surface area contributed by atoms with Crippen LogP contribution in [-0.2, 0) is 5.41 Å². The summed E-state index contributed by atoms with van der Waals surface area (Å²) < 4.78 is 5.34. The molecule has 3 rings (SSSR count). The Morgan fingerprint density at radius 2 is 2.00 bits per heavy atom. The fourth-order valence-electron chi connectivity index (χ4n) is 3.61. The van der Waals surface area contributed by atoms with Gasteiger partial charge in [-0.15, -0.1) is 0 Å². The molecule has 0 unspecified atom stereocenters. The molecule has 0 aliphatic heterocycles. The van der Waals surface area contributed by atoms with E-state index in [1.807, 2.05) is 18.2 Å². The number of carbonyl (C=O) groups is 2. The Morgan fingerprint density at radius 1 is 1.23 bits per heavy atom. The van der Waals surface area contributed by atoms with Gasteiger partial charge in [-0.05, 0) is 42.7 Å². The Balaban J connectivity index is 1.78. The smallest absolute Gasteiger partial charge is 0.354 e. The number of hydrogen-bond donors (Lipinski definition) is 2. The van der Waals surface area contributed by atoms with Crippen molar-refractivity contribution in [2.24, 2.45) is 0 Å². The van der Waals surface area contributed by atoms with Crippen LogP contribution < -0.4 is 10.1 Å². The van der Waals surface area contributed by atoms with Gasteiger partial charge < -0.3 is 15.2 Å². The predicted molar refractivity (Wildman–Crippen MR) is 96.7 cm³/mol. The molecule has 2 aromatic rings. The van der Waals surface area contributed by atoms with Gasteiger partial charge in [-0.2, -0.15) is 0 Å². The van der Waals surface area contributed by atoms with Crippen molar-refractivity contribution >= 4 is 11.9 Å². The van der Waals surface area contributed by atoms with Crippen molar-refractivity contribution in [3.05, 3.63) is 59.4 Å². The number of carbonyl (C=O) groups excluding carboxylic acids is 1. The third-order valence-electron chi connectivity index (χ3n) is 5.07. The number of hydrogen-bond acceptors (Lipinski definition) is 4. The Bertz CT molecular complexity index is 813. The van der Waals surface area contributed by atoms with Crippen LogP contribution in [0.1, 0.15) is 52.1 Å². The third kappa shape index (κ3) is 3.69. The number of carboxylic acid groups (broad SMARTS) is 1. The van der Waals surface area contributed by atoms with Gasteiger partial charge in [0.1, 0.15) is 11.4 Å². The summed E-state index contributed by atoms with van der Waals surface area (Å²) in [6.07, 6.45) is 5.57. The molecular weight excluding hydrogens is 332 g/mol. The lowest BCUT2D eigenvalue weighted by molar-refractivity contribution is 0.0690. The predicted octanol–water partition coefficient (Wildman–Crippen LogP) is 3.03. The first-order valence-corrected chi connectivity index (χ1v) is 8.66. The number of amides is 1. The lowest BCUT2D eigenvalue weighted by atomic mass is 9.78. The highest BCUT2D eigenvalue weighted by Gasteiger charge is 2.36. The van der Waals surface area contributed by atoms with Crippen molar-refractivity contribution in [2.75, 3.05) is 13.7 Å². The van der Waals surface area contributed by atoms with Gasteiger partial charge in [-0.25, -0.2) is 9.78 Å². The summed E-state index contributed by atoms with van der Waals surface area (Å²) in [5.41, 5.74) is 1.21. The van der Waals surface area contributed by atoms with Crippen molar-refractivity contribution in [1.82, 2.24) is 10.3 Å². The number of pyridine rings is 1. The molecule has 6 heteroatoms. The largest absolute Gasteiger partial charge is 0.497 e. The van der Waals surface area contributed by atoms with Crippen LogP contribution in [0.4, 0.5) is 0 Å². The summed E-state index contributed by atoms with van der Waals surface area (Å²) in [4.78, 5) is 27.3. The fraction of sp³-hybridized carbons (Fsp3) is 0.350. The van der Waals surface area contributed by atoms with Gasteiger partial charge in [0.2, 0.25) is 0 Å². The molecule has 1 aliphatic rings. The van der Waals surface area contributed by atoms with Crippen LogP contribution in [-0.4, -0.2) is 35.6 Å². The second kappa shape index (κ2) is 7.56. The van der Waals surface area contributed by atoms with Crippen molar-refractivity contribution in [1.29, 1.82) is 0 Å². The molecule has 1 aromatic heterocycles. The molecule has 0 bridgehead atoms. The minimum absolute atomic E-state index is 0.118. The number of methoxy groups -OCH3 is 1. The molecule has 0 spiro atoms. The fourth-order valence-corrected chi connectivity index (χ4v) is 3.61. The molecule has 0 saturated heterocycles. The number of aromatic carboxylic acids is 1.